The van der Waals surface area contributed by atoms with Gasteiger partial charge in [-0.05, 0) is 35.4 Å². The molecule has 0 aromatic rings. The van der Waals surface area contributed by atoms with Crippen LogP contribution in [0.3, 0.4) is 0 Å². The second-order valence-electron chi connectivity index (χ2n) is 8.02. The zero-order valence-electron chi connectivity index (χ0n) is 20.4. The van der Waals surface area contributed by atoms with Gasteiger partial charge in [-0.2, -0.15) is 0 Å². The van der Waals surface area contributed by atoms with Gasteiger partial charge < -0.3 is 19.6 Å². The Kier molecular flexibility index (Phi) is 29.0. The molecular formula is C21H45O11P. The smallest absolute Gasteiger partial charge is 0.314 e. The summed E-state index contributed by atoms with van der Waals surface area (Å²) in [6, 6.07) is 0. The van der Waals surface area contributed by atoms with Gasteiger partial charge in [-0.15, -0.1) is 0 Å². The van der Waals surface area contributed by atoms with E-state index in [9.17, 15) is 0 Å². The van der Waals surface area contributed by atoms with Crippen molar-refractivity contribution in [2.45, 2.75) is 111 Å². The highest BCUT2D eigenvalue weighted by atomic mass is 31.2. The lowest BCUT2D eigenvalue weighted by Gasteiger charge is -2.05. The van der Waals surface area contributed by atoms with E-state index in [1.165, 1.54) is 83.3 Å². The molecule has 0 aromatic heterocycles. The van der Waals surface area contributed by atoms with Gasteiger partial charge in [-0.3, -0.25) is 0 Å². The first-order chi connectivity index (χ1) is 15.8. The Morgan fingerprint density at radius 2 is 1.06 bits per heavy atom. The molecule has 3 N–H and O–H groups in total. The highest BCUT2D eigenvalue weighted by Crippen LogP contribution is 2.25. The van der Waals surface area contributed by atoms with Gasteiger partial charge >= 0.3 is 7.82 Å². The molecule has 0 aromatic carbocycles. The standard InChI is InChI=1S/C21H42O7.H3O4P/c1-4-19-22-24-26-28-27-25-23-20-17-15-13-11-9-7-5-6-8-10-12-14-16-18-21(2)3;1-5(2,3)4/h4,19,21H,5-18,20H2,1-3H3;(H3,1,2,3,4). The molecule has 0 fully saturated rings. The maximum Gasteiger partial charge on any atom is 0.466 e. The number of unbranched alkanes of at least 4 members (excludes halogenated alkanes) is 12. The third-order valence-corrected chi connectivity index (χ3v) is 4.40. The van der Waals surface area contributed by atoms with Gasteiger partial charge in [0.2, 0.25) is 0 Å². The normalized spacial score (nSPS) is 11.7. The minimum absolute atomic E-state index is 0.427. The Bertz CT molecular complexity index is 436. The van der Waals surface area contributed by atoms with Crippen LogP contribution < -0.4 is 0 Å². The van der Waals surface area contributed by atoms with Crippen LogP contribution in [0.4, 0.5) is 0 Å². The van der Waals surface area contributed by atoms with Gasteiger partial charge in [0.15, 0.2) is 0 Å². The number of hydrogen-bond acceptors (Lipinski definition) is 8. The highest BCUT2D eigenvalue weighted by Gasteiger charge is 2.00. The molecule has 0 spiro atoms. The lowest BCUT2D eigenvalue weighted by atomic mass is 10.0. The molecule has 11 nitrogen and oxygen atoms in total. The molecule has 0 rings (SSSR count). The van der Waals surface area contributed by atoms with Gasteiger partial charge in [0.05, 0.1) is 6.61 Å². The largest absolute Gasteiger partial charge is 0.466 e. The molecule has 0 bridgehead atoms. The minimum Gasteiger partial charge on any atom is -0.314 e. The van der Waals surface area contributed by atoms with E-state index in [-0.39, 0.29) is 0 Å². The Labute approximate surface area is 198 Å². The molecule has 0 amide bonds. The van der Waals surface area contributed by atoms with E-state index in [0.717, 1.165) is 18.8 Å². The van der Waals surface area contributed by atoms with E-state index >= 15 is 0 Å². The van der Waals surface area contributed by atoms with E-state index in [0.29, 0.717) is 6.61 Å². The summed E-state index contributed by atoms with van der Waals surface area (Å²) in [5, 5.41) is 20.3. The molecular weight excluding hydrogens is 459 g/mol. The molecule has 12 heteroatoms. The van der Waals surface area contributed by atoms with E-state index in [4.69, 9.17) is 24.1 Å². The third kappa shape index (κ3) is 45.6. The predicted molar refractivity (Wildman–Crippen MR) is 121 cm³/mol. The summed E-state index contributed by atoms with van der Waals surface area (Å²) in [7, 11) is -4.64. The fourth-order valence-corrected chi connectivity index (χ4v) is 2.84. The Morgan fingerprint density at radius 3 is 1.52 bits per heavy atom. The molecule has 0 aliphatic rings. The summed E-state index contributed by atoms with van der Waals surface area (Å²) in [6.07, 6.45) is 21.3. The van der Waals surface area contributed by atoms with Crippen molar-refractivity contribution in [3.05, 3.63) is 12.3 Å². The topological polar surface area (TPSA) is 142 Å². The second-order valence-corrected chi connectivity index (χ2v) is 9.05. The maximum atomic E-state index is 8.88. The van der Waals surface area contributed by atoms with Crippen molar-refractivity contribution in [1.82, 2.24) is 0 Å². The van der Waals surface area contributed by atoms with Gasteiger partial charge in [0.1, 0.15) is 6.26 Å². The third-order valence-electron chi connectivity index (χ3n) is 4.40. The summed E-state index contributed by atoms with van der Waals surface area (Å²) in [5.41, 5.74) is 0. The first-order valence-electron chi connectivity index (χ1n) is 11.8. The van der Waals surface area contributed by atoms with Crippen LogP contribution in [0.25, 0.3) is 0 Å². The molecule has 0 aliphatic carbocycles. The average Bonchev–Trinajstić information content (AvgIpc) is 2.73. The van der Waals surface area contributed by atoms with Crippen LogP contribution in [-0.4, -0.2) is 21.3 Å². The van der Waals surface area contributed by atoms with Crippen molar-refractivity contribution < 1.29 is 54.2 Å². The average molecular weight is 505 g/mol. The molecule has 0 atom stereocenters. The molecule has 0 saturated carbocycles. The van der Waals surface area contributed by atoms with Gasteiger partial charge in [0, 0.05) is 15.1 Å². The summed E-state index contributed by atoms with van der Waals surface area (Å²) in [4.78, 5) is 30.6. The van der Waals surface area contributed by atoms with Crippen molar-refractivity contribution in [3.8, 4) is 0 Å². The quantitative estimate of drug-likeness (QED) is 0.0473. The zero-order chi connectivity index (χ0) is 25.0. The number of phosphoric acid groups is 1. The van der Waals surface area contributed by atoms with E-state index in [1.807, 2.05) is 0 Å². The zero-order valence-corrected chi connectivity index (χ0v) is 21.3. The Hall–Kier alpha value is -0.590. The number of rotatable bonds is 23. The van der Waals surface area contributed by atoms with Crippen LogP contribution >= 0.6 is 7.82 Å². The van der Waals surface area contributed by atoms with Crippen LogP contribution in [0.5, 0.6) is 0 Å². The molecule has 0 aliphatic heterocycles. The van der Waals surface area contributed by atoms with Crippen LogP contribution in [0, 0.1) is 5.92 Å². The fourth-order valence-electron chi connectivity index (χ4n) is 2.84. The monoisotopic (exact) mass is 504 g/mol. The summed E-state index contributed by atoms with van der Waals surface area (Å²) >= 11 is 0. The van der Waals surface area contributed by atoms with E-state index in [2.05, 4.69) is 43.9 Å². The molecule has 0 radical (unpaired) electrons. The van der Waals surface area contributed by atoms with Crippen molar-refractivity contribution in [2.75, 3.05) is 6.61 Å². The van der Waals surface area contributed by atoms with Crippen molar-refractivity contribution in [3.63, 3.8) is 0 Å². The van der Waals surface area contributed by atoms with Crippen LogP contribution in [-0.2, 0) is 39.5 Å². The molecule has 0 saturated heterocycles. The molecule has 200 valence electrons. The van der Waals surface area contributed by atoms with Crippen LogP contribution in [0.15, 0.2) is 12.3 Å². The van der Waals surface area contributed by atoms with Crippen LogP contribution in [0.1, 0.15) is 111 Å². The summed E-state index contributed by atoms with van der Waals surface area (Å²) < 4.78 is 8.88. The SMILES string of the molecule is CC=COOOOOOOCCCCCCCCCCCCCCCC(C)C.O=P(O)(O)O. The van der Waals surface area contributed by atoms with Gasteiger partial charge in [0.25, 0.3) is 0 Å². The minimum atomic E-state index is -4.64. The summed E-state index contributed by atoms with van der Waals surface area (Å²) in [5.74, 6) is 0.860. The van der Waals surface area contributed by atoms with Crippen molar-refractivity contribution >= 4 is 7.82 Å². The van der Waals surface area contributed by atoms with Crippen LogP contribution in [0.2, 0.25) is 0 Å². The molecule has 0 heterocycles. The first-order valence-corrected chi connectivity index (χ1v) is 13.3. The summed E-state index contributed by atoms with van der Waals surface area (Å²) in [6.45, 7) is 6.80. The Balaban J connectivity index is 0. The van der Waals surface area contributed by atoms with Gasteiger partial charge in [-0.25, -0.2) is 9.45 Å². The van der Waals surface area contributed by atoms with Gasteiger partial charge in [-0.1, -0.05) is 97.3 Å². The molecule has 0 unspecified atom stereocenters. The number of allylic oxidation sites excluding steroid dienone is 1. The lowest BCUT2D eigenvalue weighted by Crippen LogP contribution is -2.01. The van der Waals surface area contributed by atoms with E-state index < -0.39 is 7.82 Å². The first kappa shape index (κ1) is 34.6. The maximum absolute atomic E-state index is 8.88. The number of hydrogen-bond donors (Lipinski definition) is 3. The van der Waals surface area contributed by atoms with E-state index in [1.54, 1.807) is 13.0 Å². The highest BCUT2D eigenvalue weighted by molar-refractivity contribution is 7.45. The second kappa shape index (κ2) is 27.7. The lowest BCUT2D eigenvalue weighted by molar-refractivity contribution is -0.786. The fraction of sp³-hybridized carbons (Fsp3) is 0.905. The predicted octanol–water partition coefficient (Wildman–Crippen LogP) is 6.32. The van der Waals surface area contributed by atoms with Crippen molar-refractivity contribution in [1.29, 1.82) is 0 Å². The van der Waals surface area contributed by atoms with Crippen molar-refractivity contribution in [2.24, 2.45) is 5.92 Å². The molecule has 33 heavy (non-hydrogen) atoms. The Morgan fingerprint density at radius 1 is 0.667 bits per heavy atom.